The number of nitrogens with zero attached hydrogens (tertiary/aromatic N) is 5. The normalized spacial score (nSPS) is 10.9. The highest BCUT2D eigenvalue weighted by molar-refractivity contribution is 7.99. The molecule has 140 valence electrons. The van der Waals surface area contributed by atoms with Gasteiger partial charge < -0.3 is 9.88 Å². The minimum Gasteiger partial charge on any atom is -0.325 e. The number of nitrogens with one attached hydrogen (secondary N) is 1. The lowest BCUT2D eigenvalue weighted by Crippen LogP contribution is -2.15. The number of thioether (sulfide) groups is 1. The van der Waals surface area contributed by atoms with Gasteiger partial charge in [-0.2, -0.15) is 0 Å². The van der Waals surface area contributed by atoms with Gasteiger partial charge in [-0.15, -0.1) is 10.2 Å². The largest absolute Gasteiger partial charge is 0.325 e. The zero-order chi connectivity index (χ0) is 19.3. The van der Waals surface area contributed by atoms with Crippen molar-refractivity contribution in [2.75, 3.05) is 11.1 Å². The first kappa shape index (κ1) is 18.1. The quantitative estimate of drug-likeness (QED) is 0.506. The molecule has 0 aliphatic heterocycles. The number of rotatable bonds is 6. The van der Waals surface area contributed by atoms with Gasteiger partial charge in [0.15, 0.2) is 11.0 Å². The van der Waals surface area contributed by atoms with E-state index in [1.54, 1.807) is 18.6 Å². The predicted octanol–water partition coefficient (Wildman–Crippen LogP) is 3.64. The molecule has 3 heterocycles. The molecule has 0 unspecified atom stereocenters. The van der Waals surface area contributed by atoms with E-state index in [0.29, 0.717) is 11.7 Å². The third kappa shape index (κ3) is 3.72. The Hall–Kier alpha value is -3.26. The van der Waals surface area contributed by atoms with Crippen LogP contribution in [0.4, 0.5) is 5.69 Å². The van der Waals surface area contributed by atoms with Crippen LogP contribution in [0.1, 0.15) is 6.92 Å². The molecule has 0 saturated carbocycles. The van der Waals surface area contributed by atoms with Crippen molar-refractivity contribution >= 4 is 34.3 Å². The topological polar surface area (TPSA) is 85.6 Å². The van der Waals surface area contributed by atoms with E-state index < -0.39 is 0 Å². The van der Waals surface area contributed by atoms with E-state index in [1.165, 1.54) is 11.8 Å². The van der Waals surface area contributed by atoms with E-state index in [4.69, 9.17) is 0 Å². The average molecular weight is 390 g/mol. The second-order valence-electron chi connectivity index (χ2n) is 6.00. The lowest BCUT2D eigenvalue weighted by Gasteiger charge is -2.09. The van der Waals surface area contributed by atoms with E-state index in [9.17, 15) is 4.79 Å². The summed E-state index contributed by atoms with van der Waals surface area (Å²) >= 11 is 1.37. The number of anilines is 1. The van der Waals surface area contributed by atoms with E-state index in [1.807, 2.05) is 54.0 Å². The highest BCUT2D eigenvalue weighted by Gasteiger charge is 2.15. The molecule has 4 rings (SSSR count). The van der Waals surface area contributed by atoms with Crippen LogP contribution in [0.3, 0.4) is 0 Å². The van der Waals surface area contributed by atoms with Crippen LogP contribution in [0.25, 0.3) is 22.3 Å². The highest BCUT2D eigenvalue weighted by atomic mass is 32.2. The zero-order valence-electron chi connectivity index (χ0n) is 15.2. The van der Waals surface area contributed by atoms with Crippen LogP contribution in [0, 0.1) is 0 Å². The lowest BCUT2D eigenvalue weighted by molar-refractivity contribution is -0.113. The molecule has 0 aliphatic rings. The van der Waals surface area contributed by atoms with Crippen molar-refractivity contribution in [2.45, 2.75) is 18.6 Å². The highest BCUT2D eigenvalue weighted by Crippen LogP contribution is 2.25. The zero-order valence-corrected chi connectivity index (χ0v) is 16.1. The Morgan fingerprint density at radius 1 is 1.07 bits per heavy atom. The van der Waals surface area contributed by atoms with Gasteiger partial charge in [0.05, 0.1) is 17.0 Å². The third-order valence-corrected chi connectivity index (χ3v) is 5.19. The molecule has 0 fully saturated rings. The number of aromatic nitrogens is 5. The number of hydrogen-bond donors (Lipinski definition) is 1. The molecule has 0 aliphatic carbocycles. The van der Waals surface area contributed by atoms with Crippen LogP contribution >= 0.6 is 11.8 Å². The van der Waals surface area contributed by atoms with Gasteiger partial charge in [-0.1, -0.05) is 17.8 Å². The third-order valence-electron chi connectivity index (χ3n) is 4.22. The second-order valence-corrected chi connectivity index (χ2v) is 6.94. The van der Waals surface area contributed by atoms with Crippen LogP contribution in [-0.4, -0.2) is 36.4 Å². The molecule has 3 aromatic heterocycles. The van der Waals surface area contributed by atoms with Crippen molar-refractivity contribution in [3.8, 4) is 11.4 Å². The molecule has 0 bridgehead atoms. The maximum Gasteiger partial charge on any atom is 0.234 e. The van der Waals surface area contributed by atoms with Crippen LogP contribution in [0.15, 0.2) is 66.2 Å². The first-order chi connectivity index (χ1) is 13.8. The Balaban J connectivity index is 1.47. The first-order valence-electron chi connectivity index (χ1n) is 8.86. The van der Waals surface area contributed by atoms with E-state index in [-0.39, 0.29) is 11.7 Å². The predicted molar refractivity (Wildman–Crippen MR) is 110 cm³/mol. The van der Waals surface area contributed by atoms with Crippen molar-refractivity contribution in [1.29, 1.82) is 0 Å². The molecular formula is C20H18N6OS. The molecular weight excluding hydrogens is 372 g/mol. The summed E-state index contributed by atoms with van der Waals surface area (Å²) in [7, 11) is 0. The molecule has 0 radical (unpaired) electrons. The van der Waals surface area contributed by atoms with E-state index in [0.717, 1.165) is 28.0 Å². The Morgan fingerprint density at radius 2 is 1.93 bits per heavy atom. The summed E-state index contributed by atoms with van der Waals surface area (Å²) in [6.07, 6.45) is 5.19. The number of hydrogen-bond acceptors (Lipinski definition) is 6. The van der Waals surface area contributed by atoms with Gasteiger partial charge in [-0.25, -0.2) is 0 Å². The molecule has 0 saturated heterocycles. The van der Waals surface area contributed by atoms with Gasteiger partial charge in [0, 0.05) is 36.1 Å². The summed E-state index contributed by atoms with van der Waals surface area (Å²) < 4.78 is 2.00. The molecule has 7 nitrogen and oxygen atoms in total. The van der Waals surface area contributed by atoms with Gasteiger partial charge in [0.2, 0.25) is 5.91 Å². The van der Waals surface area contributed by atoms with Crippen molar-refractivity contribution in [1.82, 2.24) is 24.7 Å². The number of amides is 1. The maximum atomic E-state index is 12.5. The summed E-state index contributed by atoms with van der Waals surface area (Å²) in [5, 5.41) is 13.1. The molecule has 1 amide bonds. The second kappa shape index (κ2) is 8.18. The monoisotopic (exact) mass is 390 g/mol. The summed E-state index contributed by atoms with van der Waals surface area (Å²) in [6.45, 7) is 2.74. The van der Waals surface area contributed by atoms with E-state index in [2.05, 4.69) is 25.5 Å². The fourth-order valence-electron chi connectivity index (χ4n) is 2.92. The lowest BCUT2D eigenvalue weighted by atomic mass is 10.2. The molecule has 0 spiro atoms. The Morgan fingerprint density at radius 3 is 2.75 bits per heavy atom. The number of pyridine rings is 2. The molecule has 8 heteroatoms. The summed E-state index contributed by atoms with van der Waals surface area (Å²) in [5.41, 5.74) is 2.55. The maximum absolute atomic E-state index is 12.5. The van der Waals surface area contributed by atoms with Gasteiger partial charge in [0.1, 0.15) is 0 Å². The van der Waals surface area contributed by atoms with Crippen molar-refractivity contribution in [3.05, 3.63) is 61.1 Å². The Bertz CT molecular complexity index is 1110. The van der Waals surface area contributed by atoms with Gasteiger partial charge >= 0.3 is 0 Å². The number of benzene rings is 1. The molecule has 4 aromatic rings. The van der Waals surface area contributed by atoms with Crippen molar-refractivity contribution in [3.63, 3.8) is 0 Å². The minimum absolute atomic E-state index is 0.0996. The molecule has 28 heavy (non-hydrogen) atoms. The van der Waals surface area contributed by atoms with Crippen LogP contribution < -0.4 is 5.32 Å². The first-order valence-corrected chi connectivity index (χ1v) is 9.85. The van der Waals surface area contributed by atoms with Crippen LogP contribution in [-0.2, 0) is 11.3 Å². The Labute approximate surface area is 166 Å². The number of carbonyl (C=O) groups is 1. The van der Waals surface area contributed by atoms with Gasteiger partial charge in [-0.05, 0) is 43.3 Å². The van der Waals surface area contributed by atoms with Crippen LogP contribution in [0.2, 0.25) is 0 Å². The van der Waals surface area contributed by atoms with Crippen molar-refractivity contribution < 1.29 is 4.79 Å². The molecule has 1 aromatic carbocycles. The average Bonchev–Trinajstić information content (AvgIpc) is 3.16. The number of carbonyl (C=O) groups excluding carboxylic acids is 1. The minimum atomic E-state index is -0.0996. The summed E-state index contributed by atoms with van der Waals surface area (Å²) in [4.78, 5) is 20.8. The summed E-state index contributed by atoms with van der Waals surface area (Å²) in [5.74, 6) is 0.913. The number of fused-ring (bicyclic) bond motifs is 1. The van der Waals surface area contributed by atoms with E-state index >= 15 is 0 Å². The fraction of sp³-hybridized carbons (Fsp3) is 0.150. The SMILES string of the molecule is CCn1c(SCC(=O)Nc2cccc3ncccc23)nnc1-c1ccncc1. The molecule has 0 atom stereocenters. The van der Waals surface area contributed by atoms with Crippen LogP contribution in [0.5, 0.6) is 0 Å². The van der Waals surface area contributed by atoms with Crippen molar-refractivity contribution in [2.24, 2.45) is 0 Å². The smallest absolute Gasteiger partial charge is 0.234 e. The summed E-state index contributed by atoms with van der Waals surface area (Å²) in [6, 6.07) is 13.3. The Kier molecular flexibility index (Phi) is 5.29. The standard InChI is InChI=1S/C20H18N6OS/c1-2-26-19(14-8-11-21-12-9-14)24-25-20(26)28-13-18(27)23-17-7-3-6-16-15(17)5-4-10-22-16/h3-12H,2,13H2,1H3,(H,23,27). The van der Waals surface area contributed by atoms with Gasteiger partial charge in [-0.3, -0.25) is 14.8 Å². The van der Waals surface area contributed by atoms with Gasteiger partial charge in [0.25, 0.3) is 0 Å². The fourth-order valence-corrected chi connectivity index (χ4v) is 3.73. The molecule has 1 N–H and O–H groups in total.